The Morgan fingerprint density at radius 3 is 2.38 bits per heavy atom. The molecule has 2 aliphatic carbocycles. The van der Waals surface area contributed by atoms with Crippen LogP contribution in [0.3, 0.4) is 0 Å². The number of methoxy groups -OCH3 is 2. The zero-order chi connectivity index (χ0) is 21.1. The van der Waals surface area contributed by atoms with Crippen molar-refractivity contribution in [2.24, 2.45) is 0 Å². The van der Waals surface area contributed by atoms with Gasteiger partial charge in [-0.1, -0.05) is 12.1 Å². The molecule has 152 valence electrons. The summed E-state index contributed by atoms with van der Waals surface area (Å²) in [5.74, 6) is -0.831. The Bertz CT molecular complexity index is 1050. The predicted octanol–water partition coefficient (Wildman–Crippen LogP) is 1.79. The molecule has 2 aliphatic rings. The molecule has 7 heteroatoms. The van der Waals surface area contributed by atoms with Crippen LogP contribution in [0.1, 0.15) is 56.3 Å². The van der Waals surface area contributed by atoms with Gasteiger partial charge in [0.15, 0.2) is 5.78 Å². The predicted molar refractivity (Wildman–Crippen MR) is 103 cm³/mol. The molecular weight excluding hydrogens is 376 g/mol. The Balaban J connectivity index is 2.02. The fourth-order valence-corrected chi connectivity index (χ4v) is 4.41. The van der Waals surface area contributed by atoms with E-state index in [0.717, 1.165) is 0 Å². The number of ether oxygens (including phenoxy) is 2. The van der Waals surface area contributed by atoms with E-state index in [1.165, 1.54) is 27.2 Å². The first kappa shape index (κ1) is 19.4. The Kier molecular flexibility index (Phi) is 4.40. The van der Waals surface area contributed by atoms with Crippen LogP contribution >= 0.6 is 0 Å². The summed E-state index contributed by atoms with van der Waals surface area (Å²) in [6, 6.07) is 4.72. The lowest BCUT2D eigenvalue weighted by Crippen LogP contribution is -2.45. The SMILES string of the molecule is COc1cccc2c1C(=O)c1c(OC)c3c(c(O)c1C2=O)CC(O)(C(C)O)CC3. The van der Waals surface area contributed by atoms with Crippen LogP contribution < -0.4 is 9.47 Å². The number of hydrogen-bond acceptors (Lipinski definition) is 7. The maximum Gasteiger partial charge on any atom is 0.202 e. The average Bonchev–Trinajstić information content (AvgIpc) is 2.71. The summed E-state index contributed by atoms with van der Waals surface area (Å²) < 4.78 is 10.8. The fraction of sp³-hybridized carbons (Fsp3) is 0.364. The molecule has 0 saturated heterocycles. The zero-order valence-electron chi connectivity index (χ0n) is 16.4. The van der Waals surface area contributed by atoms with Crippen molar-refractivity contribution >= 4 is 11.6 Å². The summed E-state index contributed by atoms with van der Waals surface area (Å²) in [4.78, 5) is 26.6. The molecule has 0 spiro atoms. The Hall–Kier alpha value is -2.90. The minimum absolute atomic E-state index is 0.00763. The topological polar surface area (TPSA) is 113 Å². The number of carbonyl (C=O) groups is 2. The van der Waals surface area contributed by atoms with E-state index < -0.39 is 23.3 Å². The molecule has 7 nitrogen and oxygen atoms in total. The summed E-state index contributed by atoms with van der Waals surface area (Å²) in [5, 5.41) is 31.8. The second-order valence-corrected chi connectivity index (χ2v) is 7.59. The number of aliphatic hydroxyl groups excluding tert-OH is 1. The van der Waals surface area contributed by atoms with Crippen LogP contribution in [0.5, 0.6) is 17.2 Å². The lowest BCUT2D eigenvalue weighted by Gasteiger charge is -2.37. The highest BCUT2D eigenvalue weighted by atomic mass is 16.5. The third-order valence-corrected chi connectivity index (χ3v) is 6.08. The van der Waals surface area contributed by atoms with Crippen LogP contribution in [-0.4, -0.2) is 52.8 Å². The molecule has 2 aromatic rings. The number of phenolic OH excluding ortho intramolecular Hbond substituents is 1. The first-order valence-electron chi connectivity index (χ1n) is 9.36. The molecular formula is C22H22O7. The number of rotatable bonds is 3. The molecule has 29 heavy (non-hydrogen) atoms. The number of ketones is 2. The van der Waals surface area contributed by atoms with Crippen molar-refractivity contribution in [1.29, 1.82) is 0 Å². The van der Waals surface area contributed by atoms with Gasteiger partial charge in [-0.05, 0) is 25.8 Å². The van der Waals surface area contributed by atoms with Gasteiger partial charge >= 0.3 is 0 Å². The fourth-order valence-electron chi connectivity index (χ4n) is 4.41. The van der Waals surface area contributed by atoms with Gasteiger partial charge in [-0.2, -0.15) is 0 Å². The minimum Gasteiger partial charge on any atom is -0.507 e. The second kappa shape index (κ2) is 6.57. The largest absolute Gasteiger partial charge is 0.507 e. The van der Waals surface area contributed by atoms with Gasteiger partial charge in [0.2, 0.25) is 5.78 Å². The molecule has 0 saturated carbocycles. The van der Waals surface area contributed by atoms with Gasteiger partial charge in [0.05, 0.1) is 42.6 Å². The summed E-state index contributed by atoms with van der Waals surface area (Å²) >= 11 is 0. The first-order valence-corrected chi connectivity index (χ1v) is 9.36. The zero-order valence-corrected chi connectivity index (χ0v) is 16.4. The lowest BCUT2D eigenvalue weighted by molar-refractivity contribution is -0.0748. The molecule has 3 N–H and O–H groups in total. The highest BCUT2D eigenvalue weighted by molar-refractivity contribution is 6.31. The third kappa shape index (κ3) is 2.58. The van der Waals surface area contributed by atoms with Crippen molar-refractivity contribution in [1.82, 2.24) is 0 Å². The molecule has 2 atom stereocenters. The van der Waals surface area contributed by atoms with Gasteiger partial charge in [0.1, 0.15) is 17.2 Å². The standard InChI is InChI=1S/C22H22O7/c1-10(23)22(27)8-7-11-13(9-22)19(25)16-17(21(11)29-3)20(26)15-12(18(16)24)5-4-6-14(15)28-2/h4-6,10,23,25,27H,7-9H2,1-3H3. The maximum atomic E-state index is 13.4. The van der Waals surface area contributed by atoms with Crippen molar-refractivity contribution in [3.05, 3.63) is 51.6 Å². The molecule has 2 unspecified atom stereocenters. The van der Waals surface area contributed by atoms with E-state index >= 15 is 0 Å². The number of hydrogen-bond donors (Lipinski definition) is 3. The first-order chi connectivity index (χ1) is 13.7. The third-order valence-electron chi connectivity index (χ3n) is 6.08. The molecule has 0 heterocycles. The van der Waals surface area contributed by atoms with Crippen LogP contribution in [0.15, 0.2) is 18.2 Å². The average molecular weight is 398 g/mol. The molecule has 0 aliphatic heterocycles. The Morgan fingerprint density at radius 2 is 1.76 bits per heavy atom. The molecule has 0 amide bonds. The maximum absolute atomic E-state index is 13.4. The molecule has 0 bridgehead atoms. The van der Waals surface area contributed by atoms with Crippen LogP contribution in [0.2, 0.25) is 0 Å². The molecule has 2 aromatic carbocycles. The highest BCUT2D eigenvalue weighted by Gasteiger charge is 2.44. The normalized spacial score (nSPS) is 21.1. The molecule has 0 fully saturated rings. The van der Waals surface area contributed by atoms with Crippen LogP contribution in [-0.2, 0) is 12.8 Å². The number of phenols is 1. The quantitative estimate of drug-likeness (QED) is 0.616. The Morgan fingerprint density at radius 1 is 1.03 bits per heavy atom. The lowest BCUT2D eigenvalue weighted by atomic mass is 9.73. The van der Waals surface area contributed by atoms with E-state index in [1.807, 2.05) is 0 Å². The number of fused-ring (bicyclic) bond motifs is 3. The smallest absolute Gasteiger partial charge is 0.202 e. The van der Waals surface area contributed by atoms with Crippen molar-refractivity contribution < 1.29 is 34.4 Å². The van der Waals surface area contributed by atoms with Crippen molar-refractivity contribution in [2.45, 2.75) is 37.9 Å². The number of carbonyl (C=O) groups excluding carboxylic acids is 2. The summed E-state index contributed by atoms with van der Waals surface area (Å²) in [6.45, 7) is 1.48. The van der Waals surface area contributed by atoms with E-state index in [2.05, 4.69) is 0 Å². The van der Waals surface area contributed by atoms with Gasteiger partial charge < -0.3 is 24.8 Å². The van der Waals surface area contributed by atoms with Gasteiger partial charge in [-0.3, -0.25) is 9.59 Å². The Labute approximate surface area is 167 Å². The van der Waals surface area contributed by atoms with Crippen molar-refractivity contribution in [3.8, 4) is 17.2 Å². The van der Waals surface area contributed by atoms with E-state index in [4.69, 9.17) is 9.47 Å². The number of aliphatic hydroxyl groups is 2. The summed E-state index contributed by atoms with van der Waals surface area (Å²) in [5.41, 5.74) is -0.403. The van der Waals surface area contributed by atoms with E-state index in [-0.39, 0.29) is 58.8 Å². The molecule has 4 rings (SSSR count). The minimum atomic E-state index is -1.44. The van der Waals surface area contributed by atoms with Crippen molar-refractivity contribution in [3.63, 3.8) is 0 Å². The van der Waals surface area contributed by atoms with Gasteiger partial charge in [0.25, 0.3) is 0 Å². The van der Waals surface area contributed by atoms with E-state index in [9.17, 15) is 24.9 Å². The van der Waals surface area contributed by atoms with E-state index in [0.29, 0.717) is 11.1 Å². The van der Waals surface area contributed by atoms with Crippen LogP contribution in [0.4, 0.5) is 0 Å². The summed E-state index contributed by atoms with van der Waals surface area (Å²) in [7, 11) is 2.82. The number of aromatic hydroxyl groups is 1. The molecule has 0 radical (unpaired) electrons. The summed E-state index contributed by atoms with van der Waals surface area (Å²) in [6.07, 6.45) is -0.573. The molecule has 0 aromatic heterocycles. The van der Waals surface area contributed by atoms with Gasteiger partial charge in [-0.25, -0.2) is 0 Å². The van der Waals surface area contributed by atoms with Crippen LogP contribution in [0, 0.1) is 0 Å². The van der Waals surface area contributed by atoms with Gasteiger partial charge in [-0.15, -0.1) is 0 Å². The van der Waals surface area contributed by atoms with Crippen molar-refractivity contribution in [2.75, 3.05) is 14.2 Å². The van der Waals surface area contributed by atoms with E-state index in [1.54, 1.807) is 12.1 Å². The highest BCUT2D eigenvalue weighted by Crippen LogP contribution is 2.48. The van der Waals surface area contributed by atoms with Gasteiger partial charge in [0, 0.05) is 23.1 Å². The number of benzene rings is 2. The second-order valence-electron chi connectivity index (χ2n) is 7.59. The monoisotopic (exact) mass is 398 g/mol. The van der Waals surface area contributed by atoms with Crippen LogP contribution in [0.25, 0.3) is 0 Å².